The number of fused-ring (bicyclic) bond motifs is 1. The highest BCUT2D eigenvalue weighted by Crippen LogP contribution is 2.38. The number of nitrogens with zero attached hydrogens (tertiary/aromatic N) is 2. The van der Waals surface area contributed by atoms with Crippen molar-refractivity contribution < 1.29 is 24.2 Å². The van der Waals surface area contributed by atoms with E-state index in [1.54, 1.807) is 32.1 Å². The quantitative estimate of drug-likeness (QED) is 0.453. The number of Topliss-reactive ketones (excluding diaryl/α,β-unsaturated/α-hetero) is 1. The molecule has 7 atom stereocenters. The monoisotopic (exact) mass is 502 g/mol. The van der Waals surface area contributed by atoms with E-state index in [1.165, 1.54) is 0 Å². The fraction of sp³-hybridized carbons (Fsp3) is 0.704. The van der Waals surface area contributed by atoms with Crippen LogP contribution < -0.4 is 0 Å². The van der Waals surface area contributed by atoms with Crippen molar-refractivity contribution in [3.8, 4) is 6.07 Å². The zero-order valence-corrected chi connectivity index (χ0v) is 22.4. The van der Waals surface area contributed by atoms with Gasteiger partial charge < -0.3 is 14.6 Å². The van der Waals surface area contributed by atoms with E-state index in [-0.39, 0.29) is 30.3 Å². The number of aliphatic hydroxyl groups excluding tert-OH is 1. The Morgan fingerprint density at radius 1 is 1.29 bits per heavy atom. The molecule has 192 valence electrons. The first-order valence-corrected chi connectivity index (χ1v) is 13.4. The summed E-state index contributed by atoms with van der Waals surface area (Å²) < 4.78 is 11.8. The molecule has 0 aromatic carbocycles. The van der Waals surface area contributed by atoms with Crippen LogP contribution in [0.1, 0.15) is 77.4 Å². The minimum absolute atomic E-state index is 0.00478. The number of ether oxygens (including phenoxy) is 2. The number of ketones is 1. The lowest BCUT2D eigenvalue weighted by Crippen LogP contribution is -2.43. The highest BCUT2D eigenvalue weighted by atomic mass is 32.1. The van der Waals surface area contributed by atoms with Crippen LogP contribution in [0, 0.1) is 41.4 Å². The first-order valence-electron chi connectivity index (χ1n) is 12.5. The molecule has 0 amide bonds. The number of aryl methyl sites for hydroxylation is 1. The molecule has 2 aliphatic heterocycles. The van der Waals surface area contributed by atoms with Crippen LogP contribution in [0.2, 0.25) is 0 Å². The average molecular weight is 503 g/mol. The van der Waals surface area contributed by atoms with E-state index in [9.17, 15) is 20.0 Å². The second kappa shape index (κ2) is 11.3. The van der Waals surface area contributed by atoms with Gasteiger partial charge in [0.2, 0.25) is 0 Å². The number of aliphatic hydroxyl groups is 1. The minimum Gasteiger partial charge on any atom is -0.458 e. The van der Waals surface area contributed by atoms with Gasteiger partial charge in [-0.2, -0.15) is 5.26 Å². The van der Waals surface area contributed by atoms with E-state index in [4.69, 9.17) is 9.47 Å². The third-order valence-electron chi connectivity index (χ3n) is 7.62. The summed E-state index contributed by atoms with van der Waals surface area (Å²) in [7, 11) is 0. The van der Waals surface area contributed by atoms with Crippen LogP contribution in [0.5, 0.6) is 0 Å². The first-order chi connectivity index (χ1) is 16.4. The second-order valence-electron chi connectivity index (χ2n) is 10.8. The molecular formula is C27H38N2O5S. The Bertz CT molecular complexity index is 994. The Morgan fingerprint density at radius 2 is 2.00 bits per heavy atom. The van der Waals surface area contributed by atoms with Gasteiger partial charge in [-0.05, 0) is 44.3 Å². The predicted octanol–water partition coefficient (Wildman–Crippen LogP) is 4.87. The van der Waals surface area contributed by atoms with E-state index in [1.807, 2.05) is 32.2 Å². The third-order valence-corrected chi connectivity index (χ3v) is 8.41. The van der Waals surface area contributed by atoms with Crippen molar-refractivity contribution in [3.05, 3.63) is 21.7 Å². The number of hydrogen-bond donors (Lipinski definition) is 1. The van der Waals surface area contributed by atoms with Gasteiger partial charge in [-0.3, -0.25) is 9.59 Å². The Hall–Kier alpha value is -2.08. The molecule has 7 nitrogen and oxygen atoms in total. The van der Waals surface area contributed by atoms with E-state index >= 15 is 0 Å². The van der Waals surface area contributed by atoms with Crippen LogP contribution in [-0.4, -0.2) is 46.3 Å². The van der Waals surface area contributed by atoms with Crippen LogP contribution in [0.25, 0.3) is 6.08 Å². The number of carbonyl (C=O) groups excluding carboxylic acids is 2. The van der Waals surface area contributed by atoms with Gasteiger partial charge in [0, 0.05) is 23.1 Å². The molecule has 1 aromatic heterocycles. The molecule has 2 fully saturated rings. The van der Waals surface area contributed by atoms with Crippen LogP contribution in [0.4, 0.5) is 0 Å². The Kier molecular flexibility index (Phi) is 8.90. The van der Waals surface area contributed by atoms with Crippen LogP contribution in [0.3, 0.4) is 0 Å². The van der Waals surface area contributed by atoms with Crippen molar-refractivity contribution in [1.82, 2.24) is 4.98 Å². The lowest BCUT2D eigenvalue weighted by Gasteiger charge is -2.34. The van der Waals surface area contributed by atoms with Gasteiger partial charge in [0.15, 0.2) is 0 Å². The third kappa shape index (κ3) is 6.78. The number of carbonyl (C=O) groups is 2. The summed E-state index contributed by atoms with van der Waals surface area (Å²) in [5, 5.41) is 23.6. The SMILES string of the molecule is C/C(=C\c1csc(C)n1)[C@@H]1C[C@@H]2O[C@@H]2CCC[C@H](C)[C@H](O)[C@@H](C)C(=O)C(C)(C)[C@H](C#N)CC(=O)O1. The smallest absolute Gasteiger partial charge is 0.307 e. The first kappa shape index (κ1) is 27.5. The normalized spacial score (nSPS) is 35.0. The van der Waals surface area contributed by atoms with Crippen molar-refractivity contribution in [2.45, 2.75) is 98.1 Å². The maximum Gasteiger partial charge on any atom is 0.307 e. The number of thiazole rings is 1. The molecule has 0 bridgehead atoms. The molecular weight excluding hydrogens is 464 g/mol. The number of nitriles is 1. The van der Waals surface area contributed by atoms with Gasteiger partial charge in [0.1, 0.15) is 11.9 Å². The van der Waals surface area contributed by atoms with Crippen LogP contribution in [-0.2, 0) is 19.1 Å². The van der Waals surface area contributed by atoms with Gasteiger partial charge in [-0.25, -0.2) is 4.98 Å². The van der Waals surface area contributed by atoms with Crippen molar-refractivity contribution in [2.24, 2.45) is 23.2 Å². The Balaban J connectivity index is 1.85. The largest absolute Gasteiger partial charge is 0.458 e. The molecule has 0 radical (unpaired) electrons. The molecule has 1 N–H and O–H groups in total. The molecule has 0 unspecified atom stereocenters. The van der Waals surface area contributed by atoms with Gasteiger partial charge in [-0.15, -0.1) is 11.3 Å². The van der Waals surface area contributed by atoms with Crippen LogP contribution in [0.15, 0.2) is 11.0 Å². The minimum atomic E-state index is -1.10. The number of esters is 1. The predicted molar refractivity (Wildman–Crippen MR) is 134 cm³/mol. The summed E-state index contributed by atoms with van der Waals surface area (Å²) in [6.07, 6.45) is 3.61. The summed E-state index contributed by atoms with van der Waals surface area (Å²) in [6.45, 7) is 10.9. The zero-order valence-electron chi connectivity index (χ0n) is 21.6. The zero-order chi connectivity index (χ0) is 25.9. The van der Waals surface area contributed by atoms with Crippen molar-refractivity contribution in [3.63, 3.8) is 0 Å². The molecule has 8 heteroatoms. The van der Waals surface area contributed by atoms with Crippen molar-refractivity contribution >= 4 is 29.2 Å². The highest BCUT2D eigenvalue weighted by Gasteiger charge is 2.45. The summed E-state index contributed by atoms with van der Waals surface area (Å²) in [4.78, 5) is 30.8. The standard InChI is InChI=1S/C27H38N2O5S/c1-15-8-7-9-21-23(33-21)12-22(16(2)10-20-14-35-18(4)29-20)34-24(30)11-19(13-28)27(5,6)26(32)17(3)25(15)31/h10,14-15,17,19,21-23,25,31H,7-9,11-12H2,1-6H3/b16-10+/t15-,17+,19-,21+,22-,23-,25-/m0/s1. The molecule has 2 saturated heterocycles. The maximum absolute atomic E-state index is 13.3. The molecule has 1 aromatic rings. The molecule has 3 rings (SSSR count). The fourth-order valence-electron chi connectivity index (χ4n) is 5.00. The summed E-state index contributed by atoms with van der Waals surface area (Å²) >= 11 is 1.56. The molecule has 0 spiro atoms. The summed E-state index contributed by atoms with van der Waals surface area (Å²) in [5.41, 5.74) is 0.589. The Labute approximate surface area is 212 Å². The number of epoxide rings is 1. The van der Waals surface area contributed by atoms with Gasteiger partial charge in [0.25, 0.3) is 0 Å². The van der Waals surface area contributed by atoms with E-state index in [0.717, 1.165) is 35.5 Å². The van der Waals surface area contributed by atoms with Gasteiger partial charge in [-0.1, -0.05) is 34.1 Å². The number of rotatable bonds is 2. The van der Waals surface area contributed by atoms with Crippen molar-refractivity contribution in [1.29, 1.82) is 5.26 Å². The van der Waals surface area contributed by atoms with E-state index in [0.29, 0.717) is 6.42 Å². The van der Waals surface area contributed by atoms with Gasteiger partial charge in [0.05, 0.1) is 47.4 Å². The lowest BCUT2D eigenvalue weighted by atomic mass is 9.69. The van der Waals surface area contributed by atoms with Crippen LogP contribution >= 0.6 is 11.3 Å². The molecule has 2 aliphatic rings. The van der Waals surface area contributed by atoms with Crippen molar-refractivity contribution in [2.75, 3.05) is 0 Å². The van der Waals surface area contributed by atoms with E-state index < -0.39 is 35.4 Å². The molecule has 0 aliphatic carbocycles. The molecule has 3 heterocycles. The fourth-order valence-corrected chi connectivity index (χ4v) is 5.57. The number of cyclic esters (lactones) is 1. The topological polar surface area (TPSA) is 113 Å². The number of aromatic nitrogens is 1. The highest BCUT2D eigenvalue weighted by molar-refractivity contribution is 7.09. The summed E-state index contributed by atoms with van der Waals surface area (Å²) in [5.74, 6) is -2.28. The second-order valence-corrected chi connectivity index (χ2v) is 11.8. The van der Waals surface area contributed by atoms with E-state index in [2.05, 4.69) is 11.1 Å². The number of hydrogen-bond acceptors (Lipinski definition) is 8. The lowest BCUT2D eigenvalue weighted by molar-refractivity contribution is -0.150. The molecule has 35 heavy (non-hydrogen) atoms. The van der Waals surface area contributed by atoms with Gasteiger partial charge >= 0.3 is 5.97 Å². The summed E-state index contributed by atoms with van der Waals surface area (Å²) in [6, 6.07) is 2.16. The molecule has 0 saturated carbocycles. The Morgan fingerprint density at radius 3 is 2.63 bits per heavy atom. The average Bonchev–Trinajstić information content (AvgIpc) is 3.42. The maximum atomic E-state index is 13.3.